The standard InChI is InChI=1S/C59H63N5O4/c1-34-25-44-26-35(2)50(34)61-54(65)42-17-15-18-43(33-42)55(66)62-51-36(3)27-45(28-37(51)4)59(23-13-10-14-24-59)47-31-40(7)53(41(8)32-47)64-57(68)49-20-16-19-48(60-49)56(67)63-52-38(5)29-46(30-39(52)6)58(44)21-11-9-12-22-58/h15-20,25-33H,9-14,21-24H2,1-8H3,(H,61,65)(H,62,66)(H,63,67)(H,64,68). The molecule has 9 heteroatoms. The summed E-state index contributed by atoms with van der Waals surface area (Å²) in [6, 6.07) is 29.6. The second-order valence-corrected chi connectivity index (χ2v) is 20.0. The third-order valence-corrected chi connectivity index (χ3v) is 15.3. The zero-order valence-electron chi connectivity index (χ0n) is 40.8. The van der Waals surface area contributed by atoms with E-state index >= 15 is 0 Å². The zero-order valence-corrected chi connectivity index (χ0v) is 40.8. The Hall–Kier alpha value is -6.87. The van der Waals surface area contributed by atoms with Gasteiger partial charge in [-0.25, -0.2) is 4.98 Å². The van der Waals surface area contributed by atoms with Crippen molar-refractivity contribution in [2.24, 2.45) is 0 Å². The van der Waals surface area contributed by atoms with Crippen molar-refractivity contribution in [1.29, 1.82) is 0 Å². The van der Waals surface area contributed by atoms with Gasteiger partial charge in [0, 0.05) is 44.7 Å². The Balaban J connectivity index is 1.14. The molecule has 9 nitrogen and oxygen atoms in total. The van der Waals surface area contributed by atoms with Crippen molar-refractivity contribution in [2.75, 3.05) is 21.3 Å². The molecule has 4 amide bonds. The molecular weight excluding hydrogens is 843 g/mol. The molecular formula is C59H63N5O4. The fourth-order valence-electron chi connectivity index (χ4n) is 11.8. The molecule has 0 saturated heterocycles. The van der Waals surface area contributed by atoms with Crippen molar-refractivity contribution < 1.29 is 19.2 Å². The molecule has 0 atom stereocenters. The highest BCUT2D eigenvalue weighted by Crippen LogP contribution is 2.49. The molecule has 4 N–H and O–H groups in total. The fourth-order valence-corrected chi connectivity index (χ4v) is 11.8. The first-order valence-electron chi connectivity index (χ1n) is 24.4. The maximum absolute atomic E-state index is 14.0. The van der Waals surface area contributed by atoms with Crippen LogP contribution in [0.3, 0.4) is 0 Å². The van der Waals surface area contributed by atoms with Crippen LogP contribution < -0.4 is 21.3 Å². The van der Waals surface area contributed by atoms with E-state index in [1.807, 2.05) is 55.4 Å². The maximum atomic E-state index is 14.0. The molecule has 18 rings (SSSR count). The Morgan fingerprint density at radius 1 is 0.353 bits per heavy atom. The van der Waals surface area contributed by atoms with Crippen LogP contribution in [0.5, 0.6) is 0 Å². The van der Waals surface area contributed by atoms with Crippen LogP contribution in [0.4, 0.5) is 22.7 Å². The minimum Gasteiger partial charge on any atom is -0.322 e. The molecule has 12 bridgehead atoms. The topological polar surface area (TPSA) is 129 Å². The lowest BCUT2D eigenvalue weighted by Gasteiger charge is -2.40. The molecule has 6 aromatic rings. The smallest absolute Gasteiger partial charge is 0.274 e. The zero-order chi connectivity index (χ0) is 48.1. The Bertz CT molecular complexity index is 2560. The molecule has 1 aromatic heterocycles. The van der Waals surface area contributed by atoms with E-state index < -0.39 is 0 Å². The number of hydrogen-bond acceptors (Lipinski definition) is 5. The van der Waals surface area contributed by atoms with Crippen molar-refractivity contribution in [3.8, 4) is 0 Å². The second-order valence-electron chi connectivity index (χ2n) is 20.0. The summed E-state index contributed by atoms with van der Waals surface area (Å²) >= 11 is 0. The van der Waals surface area contributed by atoms with Crippen LogP contribution in [0.1, 0.15) is 173 Å². The average molecular weight is 906 g/mol. The molecule has 348 valence electrons. The van der Waals surface area contributed by atoms with Crippen LogP contribution >= 0.6 is 0 Å². The normalized spacial score (nSPS) is 17.1. The molecule has 68 heavy (non-hydrogen) atoms. The van der Waals surface area contributed by atoms with Crippen LogP contribution in [0.15, 0.2) is 91.0 Å². The van der Waals surface area contributed by atoms with Gasteiger partial charge in [0.25, 0.3) is 23.6 Å². The molecule has 5 aromatic carbocycles. The summed E-state index contributed by atoms with van der Waals surface area (Å²) in [7, 11) is 0. The van der Waals surface area contributed by atoms with Crippen LogP contribution in [-0.4, -0.2) is 28.6 Å². The third-order valence-electron chi connectivity index (χ3n) is 15.3. The van der Waals surface area contributed by atoms with Crippen LogP contribution in [-0.2, 0) is 10.8 Å². The number of nitrogens with one attached hydrogen (secondary N) is 4. The minimum atomic E-state index is -0.386. The van der Waals surface area contributed by atoms with E-state index in [0.29, 0.717) is 11.1 Å². The van der Waals surface area contributed by atoms with E-state index in [1.54, 1.807) is 42.5 Å². The number of carbonyl (C=O) groups excluding carboxylic acids is 4. The van der Waals surface area contributed by atoms with Gasteiger partial charge < -0.3 is 21.3 Å². The van der Waals surface area contributed by atoms with E-state index in [4.69, 9.17) is 0 Å². The number of amides is 4. The van der Waals surface area contributed by atoms with Gasteiger partial charge >= 0.3 is 0 Å². The third kappa shape index (κ3) is 8.52. The highest BCUT2D eigenvalue weighted by atomic mass is 16.2. The number of carbonyl (C=O) groups is 4. The van der Waals surface area contributed by atoms with Crippen molar-refractivity contribution in [1.82, 2.24) is 4.98 Å². The summed E-state index contributed by atoms with van der Waals surface area (Å²) in [4.78, 5) is 60.6. The van der Waals surface area contributed by atoms with Crippen molar-refractivity contribution >= 4 is 46.4 Å². The summed E-state index contributed by atoms with van der Waals surface area (Å²) in [5.74, 6) is -1.33. The summed E-state index contributed by atoms with van der Waals surface area (Å²) in [6.07, 6.45) is 10.6. The van der Waals surface area contributed by atoms with E-state index in [-0.39, 0.29) is 45.8 Å². The lowest BCUT2D eigenvalue weighted by atomic mass is 9.64. The Labute approximate surface area is 401 Å². The molecule has 0 radical (unpaired) electrons. The second kappa shape index (κ2) is 18.3. The molecule has 12 aliphatic rings. The number of pyridine rings is 1. The van der Waals surface area contributed by atoms with Crippen molar-refractivity contribution in [3.63, 3.8) is 0 Å². The first-order valence-corrected chi connectivity index (χ1v) is 24.4. The van der Waals surface area contributed by atoms with E-state index in [2.05, 4.69) is 74.8 Å². The molecule has 11 heterocycles. The molecule has 10 aliphatic heterocycles. The largest absolute Gasteiger partial charge is 0.322 e. The fraction of sp³-hybridized carbons (Fsp3) is 0.339. The molecule has 2 fully saturated rings. The SMILES string of the molecule is Cc1cc2cc(C)c1NC(=O)c1cccc(c1)C(=O)Nc1c(C)cc(cc1C)C1(CCCCC1)c1cc(C)c(c(C)c1)NC(=O)c1cccc(n1)C(=O)Nc1c(C)cc(cc1C)C21CCCCC1. The number of hydrogen-bond donors (Lipinski definition) is 4. The Morgan fingerprint density at radius 2 is 0.618 bits per heavy atom. The van der Waals surface area contributed by atoms with Crippen molar-refractivity contribution in [3.05, 3.63) is 180 Å². The van der Waals surface area contributed by atoms with E-state index in [0.717, 1.165) is 119 Å². The predicted octanol–water partition coefficient (Wildman–Crippen LogP) is 13.4. The van der Waals surface area contributed by atoms with Gasteiger partial charge in [-0.2, -0.15) is 0 Å². The van der Waals surface area contributed by atoms with Gasteiger partial charge in [0.05, 0.1) is 0 Å². The number of anilines is 4. The number of aromatic nitrogens is 1. The summed E-state index contributed by atoms with van der Waals surface area (Å²) in [5, 5.41) is 12.7. The van der Waals surface area contributed by atoms with Gasteiger partial charge in [0.15, 0.2) is 0 Å². The lowest BCUT2D eigenvalue weighted by molar-refractivity contribution is 0.100. The van der Waals surface area contributed by atoms with Gasteiger partial charge in [-0.05, 0) is 178 Å². The first kappa shape index (κ1) is 46.2. The van der Waals surface area contributed by atoms with Crippen LogP contribution in [0, 0.1) is 55.4 Å². The van der Waals surface area contributed by atoms with E-state index in [1.165, 1.54) is 35.1 Å². The quantitative estimate of drug-likeness (QED) is 0.121. The van der Waals surface area contributed by atoms with E-state index in [9.17, 15) is 19.2 Å². The molecule has 2 saturated carbocycles. The Kier molecular flexibility index (Phi) is 12.5. The van der Waals surface area contributed by atoms with Gasteiger partial charge in [-0.15, -0.1) is 0 Å². The van der Waals surface area contributed by atoms with Gasteiger partial charge in [0.1, 0.15) is 11.4 Å². The highest BCUT2D eigenvalue weighted by molar-refractivity contribution is 6.10. The van der Waals surface area contributed by atoms with Crippen molar-refractivity contribution in [2.45, 2.75) is 130 Å². The highest BCUT2D eigenvalue weighted by Gasteiger charge is 2.39. The molecule has 2 spiro atoms. The lowest BCUT2D eigenvalue weighted by Crippen LogP contribution is -2.31. The monoisotopic (exact) mass is 905 g/mol. The van der Waals surface area contributed by atoms with Gasteiger partial charge in [-0.1, -0.05) is 99.2 Å². The molecule has 0 unspecified atom stereocenters. The number of rotatable bonds is 0. The first-order chi connectivity index (χ1) is 32.6. The van der Waals surface area contributed by atoms with Crippen LogP contribution in [0.25, 0.3) is 0 Å². The summed E-state index contributed by atoms with van der Waals surface area (Å²) in [6.45, 7) is 16.3. The van der Waals surface area contributed by atoms with Gasteiger partial charge in [-0.3, -0.25) is 19.2 Å². The predicted molar refractivity (Wildman–Crippen MR) is 274 cm³/mol. The number of aryl methyl sites for hydroxylation is 8. The van der Waals surface area contributed by atoms with Gasteiger partial charge in [0.2, 0.25) is 0 Å². The summed E-state index contributed by atoms with van der Waals surface area (Å²) in [5.41, 5.74) is 16.0. The minimum absolute atomic E-state index is 0.153. The van der Waals surface area contributed by atoms with Crippen LogP contribution in [0.2, 0.25) is 0 Å². The maximum Gasteiger partial charge on any atom is 0.274 e. The summed E-state index contributed by atoms with van der Waals surface area (Å²) < 4.78 is 0. The molecule has 2 aliphatic carbocycles. The number of nitrogens with zero attached hydrogens (tertiary/aromatic N) is 1. The Morgan fingerprint density at radius 3 is 0.912 bits per heavy atom. The average Bonchev–Trinajstić information content (AvgIpc) is 3.33. The number of benzene rings is 5.